The molecule has 0 unspecified atom stereocenters. The monoisotopic (exact) mass is 210 g/mol. The van der Waals surface area contributed by atoms with E-state index < -0.39 is 0 Å². The largest absolute Gasteiger partial charge is 0.307 e. The summed E-state index contributed by atoms with van der Waals surface area (Å²) in [5.41, 5.74) is 5.60. The molecule has 0 fully saturated rings. The summed E-state index contributed by atoms with van der Waals surface area (Å²) in [4.78, 5) is 4.73. The lowest BCUT2D eigenvalue weighted by molar-refractivity contribution is 0.663. The van der Waals surface area contributed by atoms with Crippen LogP contribution < -0.4 is 5.32 Å². The van der Waals surface area contributed by atoms with Crippen molar-refractivity contribution in [2.75, 3.05) is 0 Å². The molecule has 2 aliphatic rings. The Morgan fingerprint density at radius 2 is 1.86 bits per heavy atom. The normalized spacial score (nSPS) is 18.3. The van der Waals surface area contributed by atoms with E-state index in [9.17, 15) is 0 Å². The fourth-order valence-corrected chi connectivity index (χ4v) is 2.35. The minimum absolute atomic E-state index is 0. The molecule has 3 heteroatoms. The summed E-state index contributed by atoms with van der Waals surface area (Å²) in [5, 5.41) is 3.35. The summed E-state index contributed by atoms with van der Waals surface area (Å²) >= 11 is 0. The standard InChI is InChI=1S/C11H14N2.ClH/c1-2-4-10-8(3-1)5-9-6-12-7-11(9)13-10;/h5,12H,1-4,6-7H2;1H. The van der Waals surface area contributed by atoms with Crippen molar-refractivity contribution in [1.82, 2.24) is 10.3 Å². The number of hydrogen-bond acceptors (Lipinski definition) is 2. The number of nitrogens with one attached hydrogen (secondary N) is 1. The number of halogens is 1. The van der Waals surface area contributed by atoms with Gasteiger partial charge in [0, 0.05) is 18.8 Å². The molecular formula is C11H15ClN2. The summed E-state index contributed by atoms with van der Waals surface area (Å²) < 4.78 is 0. The van der Waals surface area contributed by atoms with E-state index in [1.54, 1.807) is 0 Å². The van der Waals surface area contributed by atoms with Gasteiger partial charge in [0.25, 0.3) is 0 Å². The molecule has 0 atom stereocenters. The van der Waals surface area contributed by atoms with Gasteiger partial charge in [0.05, 0.1) is 5.69 Å². The van der Waals surface area contributed by atoms with Crippen LogP contribution in [0, 0.1) is 0 Å². The SMILES string of the molecule is Cl.c1c2c(nc3c1CNC3)CCCC2. The topological polar surface area (TPSA) is 24.9 Å². The number of rotatable bonds is 0. The smallest absolute Gasteiger partial charge is 0.0590 e. The predicted molar refractivity (Wildman–Crippen MR) is 58.7 cm³/mol. The molecule has 1 aromatic heterocycles. The van der Waals surface area contributed by atoms with Gasteiger partial charge in [-0.25, -0.2) is 0 Å². The van der Waals surface area contributed by atoms with Crippen LogP contribution in [0.25, 0.3) is 0 Å². The Hall–Kier alpha value is -0.600. The Morgan fingerprint density at radius 1 is 1.00 bits per heavy atom. The zero-order chi connectivity index (χ0) is 8.67. The van der Waals surface area contributed by atoms with Crippen LogP contribution in [0.5, 0.6) is 0 Å². The van der Waals surface area contributed by atoms with Gasteiger partial charge in [-0.05, 0) is 36.8 Å². The van der Waals surface area contributed by atoms with Crippen LogP contribution in [0.3, 0.4) is 0 Å². The van der Waals surface area contributed by atoms with Crippen molar-refractivity contribution >= 4 is 12.4 Å². The molecule has 1 N–H and O–H groups in total. The number of aryl methyl sites for hydroxylation is 2. The van der Waals surface area contributed by atoms with E-state index in [0.29, 0.717) is 0 Å². The fraction of sp³-hybridized carbons (Fsp3) is 0.545. The molecule has 0 aromatic carbocycles. The van der Waals surface area contributed by atoms with Crippen molar-refractivity contribution in [2.24, 2.45) is 0 Å². The molecule has 76 valence electrons. The Balaban J connectivity index is 0.000000750. The van der Waals surface area contributed by atoms with E-state index in [1.807, 2.05) is 0 Å². The Morgan fingerprint density at radius 3 is 2.79 bits per heavy atom. The number of hydrogen-bond donors (Lipinski definition) is 1. The number of pyridine rings is 1. The zero-order valence-electron chi connectivity index (χ0n) is 8.18. The molecule has 14 heavy (non-hydrogen) atoms. The van der Waals surface area contributed by atoms with Gasteiger partial charge in [-0.3, -0.25) is 4.98 Å². The zero-order valence-corrected chi connectivity index (χ0v) is 8.99. The van der Waals surface area contributed by atoms with Gasteiger partial charge >= 0.3 is 0 Å². The Kier molecular flexibility index (Phi) is 2.75. The Labute approximate surface area is 90.5 Å². The maximum absolute atomic E-state index is 4.73. The molecule has 3 rings (SSSR count). The predicted octanol–water partition coefficient (Wildman–Crippen LogP) is 1.99. The van der Waals surface area contributed by atoms with Gasteiger partial charge in [0.15, 0.2) is 0 Å². The minimum Gasteiger partial charge on any atom is -0.307 e. The number of nitrogens with zero attached hydrogens (tertiary/aromatic N) is 1. The van der Waals surface area contributed by atoms with E-state index in [1.165, 1.54) is 48.2 Å². The van der Waals surface area contributed by atoms with Crippen molar-refractivity contribution in [3.05, 3.63) is 28.6 Å². The molecule has 0 saturated carbocycles. The molecule has 1 aliphatic carbocycles. The van der Waals surface area contributed by atoms with Gasteiger partial charge in [0.2, 0.25) is 0 Å². The maximum atomic E-state index is 4.73. The summed E-state index contributed by atoms with van der Waals surface area (Å²) in [6.45, 7) is 2.00. The number of fused-ring (bicyclic) bond motifs is 2. The molecule has 0 amide bonds. The first kappa shape index (κ1) is 9.94. The molecule has 2 nitrogen and oxygen atoms in total. The first-order valence-electron chi connectivity index (χ1n) is 5.15. The molecule has 0 spiro atoms. The van der Waals surface area contributed by atoms with E-state index in [2.05, 4.69) is 11.4 Å². The van der Waals surface area contributed by atoms with Crippen LogP contribution >= 0.6 is 12.4 Å². The second-order valence-corrected chi connectivity index (χ2v) is 4.01. The van der Waals surface area contributed by atoms with Gasteiger partial charge in [-0.1, -0.05) is 6.07 Å². The highest BCUT2D eigenvalue weighted by molar-refractivity contribution is 5.85. The third-order valence-corrected chi connectivity index (χ3v) is 3.08. The molecule has 0 saturated heterocycles. The minimum atomic E-state index is 0. The fourth-order valence-electron chi connectivity index (χ4n) is 2.35. The third-order valence-electron chi connectivity index (χ3n) is 3.08. The molecular weight excluding hydrogens is 196 g/mol. The Bertz CT molecular complexity index is 316. The lowest BCUT2D eigenvalue weighted by Gasteiger charge is -2.15. The van der Waals surface area contributed by atoms with Crippen molar-refractivity contribution in [1.29, 1.82) is 0 Å². The first-order chi connectivity index (χ1) is 6.43. The summed E-state index contributed by atoms with van der Waals surface area (Å²) in [7, 11) is 0. The van der Waals surface area contributed by atoms with Crippen LogP contribution in [0.2, 0.25) is 0 Å². The van der Waals surface area contributed by atoms with Gasteiger partial charge in [-0.15, -0.1) is 12.4 Å². The average molecular weight is 211 g/mol. The highest BCUT2D eigenvalue weighted by Gasteiger charge is 2.17. The highest BCUT2D eigenvalue weighted by atomic mass is 35.5. The second-order valence-electron chi connectivity index (χ2n) is 4.01. The van der Waals surface area contributed by atoms with Gasteiger partial charge in [0.1, 0.15) is 0 Å². The van der Waals surface area contributed by atoms with Crippen LogP contribution in [-0.2, 0) is 25.9 Å². The lowest BCUT2D eigenvalue weighted by Crippen LogP contribution is -2.07. The summed E-state index contributed by atoms with van der Waals surface area (Å²) in [5.74, 6) is 0. The van der Waals surface area contributed by atoms with Crippen LogP contribution in [0.4, 0.5) is 0 Å². The third kappa shape index (κ3) is 1.53. The van der Waals surface area contributed by atoms with E-state index in [4.69, 9.17) is 4.98 Å². The van der Waals surface area contributed by atoms with Gasteiger partial charge in [-0.2, -0.15) is 0 Å². The summed E-state index contributed by atoms with van der Waals surface area (Å²) in [6.07, 6.45) is 5.12. The quantitative estimate of drug-likeness (QED) is 0.709. The highest BCUT2D eigenvalue weighted by Crippen LogP contribution is 2.24. The van der Waals surface area contributed by atoms with E-state index in [0.717, 1.165) is 13.1 Å². The first-order valence-corrected chi connectivity index (χ1v) is 5.15. The van der Waals surface area contributed by atoms with Crippen LogP contribution in [0.15, 0.2) is 6.07 Å². The van der Waals surface area contributed by atoms with Crippen LogP contribution in [0.1, 0.15) is 35.4 Å². The molecule has 1 aliphatic heterocycles. The van der Waals surface area contributed by atoms with Crippen molar-refractivity contribution in [3.8, 4) is 0 Å². The summed E-state index contributed by atoms with van der Waals surface area (Å²) in [6, 6.07) is 2.37. The van der Waals surface area contributed by atoms with E-state index in [-0.39, 0.29) is 12.4 Å². The van der Waals surface area contributed by atoms with E-state index >= 15 is 0 Å². The van der Waals surface area contributed by atoms with Crippen molar-refractivity contribution in [3.63, 3.8) is 0 Å². The maximum Gasteiger partial charge on any atom is 0.0590 e. The molecule has 0 radical (unpaired) electrons. The average Bonchev–Trinajstić information content (AvgIpc) is 2.61. The second kappa shape index (κ2) is 3.87. The van der Waals surface area contributed by atoms with Gasteiger partial charge < -0.3 is 5.32 Å². The lowest BCUT2D eigenvalue weighted by atomic mass is 9.94. The van der Waals surface area contributed by atoms with Crippen LogP contribution in [-0.4, -0.2) is 4.98 Å². The van der Waals surface area contributed by atoms with Crippen molar-refractivity contribution in [2.45, 2.75) is 38.8 Å². The van der Waals surface area contributed by atoms with Crippen molar-refractivity contribution < 1.29 is 0 Å². The molecule has 2 heterocycles. The molecule has 0 bridgehead atoms. The molecule has 1 aromatic rings. The number of aromatic nitrogens is 1.